The maximum atomic E-state index is 13.9. The van der Waals surface area contributed by atoms with Crippen molar-refractivity contribution in [1.82, 2.24) is 14.7 Å². The van der Waals surface area contributed by atoms with Crippen LogP contribution < -0.4 is 0 Å². The fraction of sp³-hybridized carbons (Fsp3) is 0.467. The summed E-state index contributed by atoms with van der Waals surface area (Å²) >= 11 is 0. The van der Waals surface area contributed by atoms with Crippen LogP contribution in [-0.2, 0) is 17.1 Å². The first-order valence-corrected chi connectivity index (χ1v) is 13.7. The smallest absolute Gasteiger partial charge is 0.339 e. The number of nitrogens with zero attached hydrogens (tertiary/aromatic N) is 3. The Morgan fingerprint density at radius 2 is 1.44 bits per heavy atom. The van der Waals surface area contributed by atoms with E-state index >= 15 is 0 Å². The van der Waals surface area contributed by atoms with Crippen molar-refractivity contribution in [1.29, 1.82) is 0 Å². The number of carbonyl (C=O) groups is 2. The molecule has 2 saturated heterocycles. The molecule has 1 spiro atoms. The van der Waals surface area contributed by atoms with E-state index < -0.39 is 40.4 Å². The van der Waals surface area contributed by atoms with Gasteiger partial charge in [-0.2, -0.15) is 26.3 Å². The van der Waals surface area contributed by atoms with Crippen LogP contribution in [0, 0.1) is 12.3 Å². The zero-order valence-corrected chi connectivity index (χ0v) is 22.6. The molecule has 2 aromatic carbocycles. The normalized spacial score (nSPS) is 19.8. The largest absolute Gasteiger partial charge is 0.416 e. The summed E-state index contributed by atoms with van der Waals surface area (Å²) < 4.78 is 80.3. The van der Waals surface area contributed by atoms with E-state index in [-0.39, 0.29) is 37.9 Å². The summed E-state index contributed by atoms with van der Waals surface area (Å²) in [6, 6.07) is 8.61. The molecular formula is C30H31F6N3O2. The maximum absolute atomic E-state index is 13.9. The van der Waals surface area contributed by atoms with Gasteiger partial charge in [0.05, 0.1) is 16.5 Å². The number of likely N-dealkylation sites (tertiary alicyclic amines) is 2. The molecule has 3 aliphatic rings. The van der Waals surface area contributed by atoms with Gasteiger partial charge in [-0.05, 0) is 80.6 Å². The lowest BCUT2D eigenvalue weighted by Gasteiger charge is -2.40. The highest BCUT2D eigenvalue weighted by Crippen LogP contribution is 2.50. The van der Waals surface area contributed by atoms with Crippen molar-refractivity contribution in [2.24, 2.45) is 5.41 Å². The van der Waals surface area contributed by atoms with Crippen molar-refractivity contribution < 1.29 is 35.9 Å². The zero-order valence-electron chi connectivity index (χ0n) is 22.6. The van der Waals surface area contributed by atoms with Gasteiger partial charge in [-0.25, -0.2) is 0 Å². The molecule has 0 unspecified atom stereocenters. The summed E-state index contributed by atoms with van der Waals surface area (Å²) in [5.74, 6) is -1.00. The van der Waals surface area contributed by atoms with Crippen LogP contribution in [0.15, 0.2) is 48.7 Å². The number of hydrogen-bond donors (Lipinski definition) is 0. The lowest BCUT2D eigenvalue weighted by atomic mass is 9.70. The molecule has 5 rings (SSSR count). The molecule has 0 saturated carbocycles. The summed E-state index contributed by atoms with van der Waals surface area (Å²) in [6.45, 7) is 5.22. The Morgan fingerprint density at radius 1 is 0.854 bits per heavy atom. The summed E-state index contributed by atoms with van der Waals surface area (Å²) in [5, 5.41) is 0. The van der Waals surface area contributed by atoms with Gasteiger partial charge in [0.1, 0.15) is 0 Å². The van der Waals surface area contributed by atoms with Crippen LogP contribution >= 0.6 is 0 Å². The first-order valence-electron chi connectivity index (χ1n) is 13.7. The first-order chi connectivity index (χ1) is 19.3. The van der Waals surface area contributed by atoms with Crippen molar-refractivity contribution >= 4 is 17.4 Å². The Kier molecular flexibility index (Phi) is 7.69. The fourth-order valence-corrected chi connectivity index (χ4v) is 6.19. The van der Waals surface area contributed by atoms with Crippen LogP contribution in [0.5, 0.6) is 0 Å². The number of rotatable bonds is 5. The van der Waals surface area contributed by atoms with E-state index in [0.717, 1.165) is 49.2 Å². The molecule has 3 aliphatic heterocycles. The van der Waals surface area contributed by atoms with Gasteiger partial charge in [-0.1, -0.05) is 24.3 Å². The van der Waals surface area contributed by atoms with Crippen molar-refractivity contribution in [3.8, 4) is 0 Å². The minimum atomic E-state index is -5.05. The third-order valence-electron chi connectivity index (χ3n) is 8.50. The second kappa shape index (κ2) is 10.8. The van der Waals surface area contributed by atoms with E-state index in [9.17, 15) is 35.9 Å². The molecule has 11 heteroatoms. The lowest BCUT2D eigenvalue weighted by molar-refractivity contribution is -0.143. The molecule has 220 valence electrons. The van der Waals surface area contributed by atoms with Gasteiger partial charge in [-0.3, -0.25) is 9.59 Å². The number of carbonyl (C=O) groups excluding carboxylic acids is 2. The van der Waals surface area contributed by atoms with Crippen LogP contribution in [0.4, 0.5) is 26.3 Å². The van der Waals surface area contributed by atoms with Gasteiger partial charge in [0.25, 0.3) is 5.91 Å². The van der Waals surface area contributed by atoms with E-state index in [1.54, 1.807) is 4.90 Å². The van der Waals surface area contributed by atoms with Gasteiger partial charge in [0.15, 0.2) is 0 Å². The van der Waals surface area contributed by atoms with Crippen molar-refractivity contribution in [2.45, 2.75) is 45.0 Å². The first kappa shape index (κ1) is 29.2. The topological polar surface area (TPSA) is 43.9 Å². The molecule has 0 radical (unpaired) electrons. The van der Waals surface area contributed by atoms with Crippen molar-refractivity contribution in [2.75, 3.05) is 39.3 Å². The zero-order chi connectivity index (χ0) is 29.6. The molecule has 41 heavy (non-hydrogen) atoms. The second-order valence-corrected chi connectivity index (χ2v) is 11.1. The van der Waals surface area contributed by atoms with Crippen LogP contribution in [0.25, 0.3) is 5.57 Å². The molecule has 5 nitrogen and oxygen atoms in total. The summed E-state index contributed by atoms with van der Waals surface area (Å²) in [6.07, 6.45) is -5.54. The Morgan fingerprint density at radius 3 is 2.00 bits per heavy atom. The monoisotopic (exact) mass is 579 g/mol. The number of hydrogen-bond acceptors (Lipinski definition) is 3. The van der Waals surface area contributed by atoms with Crippen molar-refractivity contribution in [3.63, 3.8) is 0 Å². The minimum Gasteiger partial charge on any atom is -0.339 e. The molecule has 0 atom stereocenters. The Hall–Kier alpha value is -3.34. The van der Waals surface area contributed by atoms with Crippen LogP contribution in [0.2, 0.25) is 0 Å². The second-order valence-electron chi connectivity index (χ2n) is 11.1. The maximum Gasteiger partial charge on any atom is 0.416 e. The van der Waals surface area contributed by atoms with Gasteiger partial charge in [0.2, 0.25) is 5.91 Å². The van der Waals surface area contributed by atoms with E-state index in [4.69, 9.17) is 0 Å². The molecule has 0 aliphatic carbocycles. The molecule has 2 aromatic rings. The quantitative estimate of drug-likeness (QED) is 0.395. The van der Waals surface area contributed by atoms with E-state index in [2.05, 4.69) is 4.90 Å². The molecule has 0 aromatic heterocycles. The van der Waals surface area contributed by atoms with E-state index in [1.165, 1.54) is 4.90 Å². The minimum absolute atomic E-state index is 0.00910. The highest BCUT2D eigenvalue weighted by atomic mass is 19.4. The number of piperidine rings is 1. The van der Waals surface area contributed by atoms with Gasteiger partial charge >= 0.3 is 12.4 Å². The average molecular weight is 580 g/mol. The number of amides is 2. The van der Waals surface area contributed by atoms with E-state index in [0.29, 0.717) is 18.7 Å². The molecule has 3 heterocycles. The fourth-order valence-electron chi connectivity index (χ4n) is 6.19. The molecule has 2 fully saturated rings. The predicted molar refractivity (Wildman–Crippen MR) is 141 cm³/mol. The Balaban J connectivity index is 1.40. The number of aryl methyl sites for hydroxylation is 1. The number of halogens is 6. The highest BCUT2D eigenvalue weighted by Gasteiger charge is 2.51. The van der Waals surface area contributed by atoms with Gasteiger partial charge in [-0.15, -0.1) is 0 Å². The standard InChI is InChI=1S/C30H31F6N3O2/c1-20-6-2-3-7-24(20)25-19-39(15-14-37-10-4-5-11-37)27(41)28(25)8-12-38(13-9-28)26(40)21-16-22(29(31,32)33)18-23(17-21)30(34,35)36/h2-3,6-7,16-19H,4-5,8-15H2,1H3. The van der Waals surface area contributed by atoms with Gasteiger partial charge < -0.3 is 14.7 Å². The summed E-state index contributed by atoms with van der Waals surface area (Å²) in [5.41, 5.74) is -1.94. The summed E-state index contributed by atoms with van der Waals surface area (Å²) in [7, 11) is 0. The SMILES string of the molecule is Cc1ccccc1C1=CN(CCN2CCCC2)C(=O)C12CCN(C(=O)c1cc(C(F)(F)F)cc(C(F)(F)F)c1)CC2. The third kappa shape index (κ3) is 5.73. The van der Waals surface area contributed by atoms with Crippen LogP contribution in [0.3, 0.4) is 0 Å². The van der Waals surface area contributed by atoms with Crippen LogP contribution in [-0.4, -0.2) is 65.8 Å². The van der Waals surface area contributed by atoms with Crippen LogP contribution in [0.1, 0.15) is 58.3 Å². The van der Waals surface area contributed by atoms with Crippen molar-refractivity contribution in [3.05, 3.63) is 76.5 Å². The molecule has 0 bridgehead atoms. The predicted octanol–water partition coefficient (Wildman–Crippen LogP) is 6.23. The van der Waals surface area contributed by atoms with E-state index in [1.807, 2.05) is 37.4 Å². The Labute approximate surface area is 234 Å². The molecule has 2 amide bonds. The Bertz CT molecular complexity index is 1320. The summed E-state index contributed by atoms with van der Waals surface area (Å²) in [4.78, 5) is 32.5. The highest BCUT2D eigenvalue weighted by molar-refractivity contribution is 6.03. The lowest BCUT2D eigenvalue weighted by Crippen LogP contribution is -2.48. The molecule has 0 N–H and O–H groups in total. The average Bonchev–Trinajstić information content (AvgIpc) is 3.54. The number of benzene rings is 2. The molecular weight excluding hydrogens is 548 g/mol. The van der Waals surface area contributed by atoms with Gasteiger partial charge in [0, 0.05) is 37.9 Å². The number of alkyl halides is 6. The third-order valence-corrected chi connectivity index (χ3v) is 8.50.